The van der Waals surface area contributed by atoms with Gasteiger partial charge in [0.15, 0.2) is 0 Å². The zero-order valence-electron chi connectivity index (χ0n) is 13.7. The molecular weight excluding hydrogens is 347 g/mol. The number of halogens is 2. The monoisotopic (exact) mass is 370 g/mol. The lowest BCUT2D eigenvalue weighted by molar-refractivity contribution is 0.345. The summed E-state index contributed by atoms with van der Waals surface area (Å²) in [6.07, 6.45) is 7.25. The minimum Gasteiger partial charge on any atom is -0.354 e. The first kappa shape index (κ1) is 19.0. The summed E-state index contributed by atoms with van der Waals surface area (Å²) in [6, 6.07) is 2.44. The first-order chi connectivity index (χ1) is 10.7. The smallest absolute Gasteiger partial charge is 0.132 e. The van der Waals surface area contributed by atoms with Crippen LogP contribution in [-0.2, 0) is 19.4 Å². The Morgan fingerprint density at radius 3 is 2.79 bits per heavy atom. The number of H-pyrrole nitrogens is 1. The normalized spacial score (nSPS) is 21.2. The van der Waals surface area contributed by atoms with E-state index in [1.54, 1.807) is 6.33 Å². The standard InChI is InChI=1S/C16H22N6.2ClH/c1-22(8-15-12-3-2-4-13(12)20-21-15)16-7-14(18-9-19-16)10-5-11(17)6-10;;/h7,9-11H,2-6,8,17H2,1H3,(H,20,21);2*1H. The van der Waals surface area contributed by atoms with Crippen LogP contribution < -0.4 is 10.6 Å². The van der Waals surface area contributed by atoms with Crippen LogP contribution in [-0.4, -0.2) is 33.3 Å². The van der Waals surface area contributed by atoms with Crippen LogP contribution in [0.4, 0.5) is 5.82 Å². The highest BCUT2D eigenvalue weighted by Gasteiger charge is 2.29. The fourth-order valence-electron chi connectivity index (χ4n) is 3.52. The van der Waals surface area contributed by atoms with Crippen LogP contribution in [0.2, 0.25) is 0 Å². The first-order valence-electron chi connectivity index (χ1n) is 8.04. The van der Waals surface area contributed by atoms with Gasteiger partial charge in [-0.1, -0.05) is 0 Å². The molecule has 0 spiro atoms. The summed E-state index contributed by atoms with van der Waals surface area (Å²) >= 11 is 0. The van der Waals surface area contributed by atoms with Gasteiger partial charge in [-0.3, -0.25) is 5.10 Å². The molecule has 2 aromatic heterocycles. The minimum absolute atomic E-state index is 0. The number of nitrogens with zero attached hydrogens (tertiary/aromatic N) is 4. The maximum atomic E-state index is 5.88. The Labute approximate surface area is 154 Å². The van der Waals surface area contributed by atoms with E-state index in [4.69, 9.17) is 5.73 Å². The van der Waals surface area contributed by atoms with Gasteiger partial charge in [-0.05, 0) is 37.7 Å². The molecular formula is C16H24Cl2N6. The molecule has 2 aromatic rings. The van der Waals surface area contributed by atoms with Crippen LogP contribution in [0.25, 0.3) is 0 Å². The fraction of sp³-hybridized carbons (Fsp3) is 0.562. The zero-order valence-corrected chi connectivity index (χ0v) is 15.4. The van der Waals surface area contributed by atoms with Crippen molar-refractivity contribution < 1.29 is 0 Å². The highest BCUT2D eigenvalue weighted by molar-refractivity contribution is 5.85. The van der Waals surface area contributed by atoms with Crippen molar-refractivity contribution in [1.82, 2.24) is 20.2 Å². The third-order valence-corrected chi connectivity index (χ3v) is 4.94. The zero-order chi connectivity index (χ0) is 15.1. The van der Waals surface area contributed by atoms with Crippen molar-refractivity contribution in [2.45, 2.75) is 50.6 Å². The maximum Gasteiger partial charge on any atom is 0.132 e. The van der Waals surface area contributed by atoms with Gasteiger partial charge in [0.1, 0.15) is 12.1 Å². The maximum absolute atomic E-state index is 5.88. The highest BCUT2D eigenvalue weighted by atomic mass is 35.5. The lowest BCUT2D eigenvalue weighted by atomic mass is 9.78. The molecule has 0 aromatic carbocycles. The molecule has 0 saturated heterocycles. The lowest BCUT2D eigenvalue weighted by Gasteiger charge is -2.32. The molecule has 2 aliphatic carbocycles. The Hall–Kier alpha value is -1.37. The topological polar surface area (TPSA) is 83.7 Å². The molecule has 1 saturated carbocycles. The quantitative estimate of drug-likeness (QED) is 0.862. The number of aromatic amines is 1. The number of hydrogen-bond donors (Lipinski definition) is 2. The molecule has 0 bridgehead atoms. The summed E-state index contributed by atoms with van der Waals surface area (Å²) < 4.78 is 0. The molecule has 0 aliphatic heterocycles. The van der Waals surface area contributed by atoms with E-state index >= 15 is 0 Å². The largest absolute Gasteiger partial charge is 0.354 e. The second kappa shape index (κ2) is 7.68. The summed E-state index contributed by atoms with van der Waals surface area (Å²) in [5.74, 6) is 1.46. The number of aryl methyl sites for hydroxylation is 1. The van der Waals surface area contributed by atoms with E-state index in [1.807, 2.05) is 0 Å². The van der Waals surface area contributed by atoms with Crippen LogP contribution in [0.15, 0.2) is 12.4 Å². The van der Waals surface area contributed by atoms with Crippen molar-refractivity contribution in [2.24, 2.45) is 5.73 Å². The third-order valence-electron chi connectivity index (χ3n) is 4.94. The Morgan fingerprint density at radius 2 is 2.04 bits per heavy atom. The van der Waals surface area contributed by atoms with Gasteiger partial charge in [0.25, 0.3) is 0 Å². The molecule has 24 heavy (non-hydrogen) atoms. The van der Waals surface area contributed by atoms with Gasteiger partial charge in [-0.2, -0.15) is 5.10 Å². The van der Waals surface area contributed by atoms with Crippen molar-refractivity contribution in [3.05, 3.63) is 35.0 Å². The molecule has 3 N–H and O–H groups in total. The van der Waals surface area contributed by atoms with Crippen LogP contribution in [0, 0.1) is 0 Å². The number of hydrogen-bond acceptors (Lipinski definition) is 5. The lowest BCUT2D eigenvalue weighted by Crippen LogP contribution is -2.35. The predicted octanol–water partition coefficient (Wildman–Crippen LogP) is 2.37. The van der Waals surface area contributed by atoms with Gasteiger partial charge < -0.3 is 10.6 Å². The van der Waals surface area contributed by atoms with E-state index in [0.29, 0.717) is 12.0 Å². The molecule has 132 valence electrons. The number of nitrogens with two attached hydrogens (primary N) is 1. The molecule has 0 amide bonds. The van der Waals surface area contributed by atoms with Gasteiger partial charge in [-0.25, -0.2) is 9.97 Å². The molecule has 8 heteroatoms. The van der Waals surface area contributed by atoms with Crippen molar-refractivity contribution in [2.75, 3.05) is 11.9 Å². The van der Waals surface area contributed by atoms with Crippen molar-refractivity contribution >= 4 is 30.6 Å². The van der Waals surface area contributed by atoms with Gasteiger partial charge >= 0.3 is 0 Å². The molecule has 6 nitrogen and oxygen atoms in total. The molecule has 1 fully saturated rings. The fourth-order valence-corrected chi connectivity index (χ4v) is 3.52. The number of aromatic nitrogens is 4. The average Bonchev–Trinajstić information content (AvgIpc) is 3.09. The first-order valence-corrected chi connectivity index (χ1v) is 8.04. The summed E-state index contributed by atoms with van der Waals surface area (Å²) in [5.41, 5.74) is 10.9. The van der Waals surface area contributed by atoms with E-state index in [0.717, 1.165) is 49.4 Å². The average molecular weight is 371 g/mol. The van der Waals surface area contributed by atoms with E-state index in [1.165, 1.54) is 17.7 Å². The second-order valence-electron chi connectivity index (χ2n) is 6.57. The molecule has 0 radical (unpaired) electrons. The van der Waals surface area contributed by atoms with Crippen LogP contribution in [0.1, 0.15) is 47.8 Å². The minimum atomic E-state index is 0. The van der Waals surface area contributed by atoms with E-state index in [9.17, 15) is 0 Å². The molecule has 2 aliphatic rings. The summed E-state index contributed by atoms with van der Waals surface area (Å²) in [7, 11) is 2.06. The van der Waals surface area contributed by atoms with E-state index in [2.05, 4.69) is 38.2 Å². The highest BCUT2D eigenvalue weighted by Crippen LogP contribution is 2.35. The predicted molar refractivity (Wildman–Crippen MR) is 99.2 cm³/mol. The molecule has 0 unspecified atom stereocenters. The van der Waals surface area contributed by atoms with Gasteiger partial charge in [0, 0.05) is 36.5 Å². The van der Waals surface area contributed by atoms with Crippen LogP contribution in [0.3, 0.4) is 0 Å². The summed E-state index contributed by atoms with van der Waals surface area (Å²) in [4.78, 5) is 11.0. The van der Waals surface area contributed by atoms with Crippen LogP contribution >= 0.6 is 24.8 Å². The Bertz CT molecular complexity index is 683. The number of nitrogens with one attached hydrogen (secondary N) is 1. The second-order valence-corrected chi connectivity index (χ2v) is 6.57. The van der Waals surface area contributed by atoms with Gasteiger partial charge in [0.05, 0.1) is 12.2 Å². The summed E-state index contributed by atoms with van der Waals surface area (Å²) in [6.45, 7) is 0.784. The summed E-state index contributed by atoms with van der Waals surface area (Å²) in [5, 5.41) is 7.64. The third kappa shape index (κ3) is 3.50. The Morgan fingerprint density at radius 1 is 1.25 bits per heavy atom. The van der Waals surface area contributed by atoms with Crippen LogP contribution in [0.5, 0.6) is 0 Å². The SMILES string of the molecule is CN(Cc1n[nH]c2c1CCC2)c1cc(C2CC(N)C2)ncn1.Cl.Cl. The molecule has 2 heterocycles. The Balaban J connectivity index is 0.00000104. The molecule has 4 rings (SSSR count). The van der Waals surface area contributed by atoms with Crippen molar-refractivity contribution in [3.8, 4) is 0 Å². The number of anilines is 1. The van der Waals surface area contributed by atoms with Crippen molar-refractivity contribution in [3.63, 3.8) is 0 Å². The van der Waals surface area contributed by atoms with Crippen molar-refractivity contribution in [1.29, 1.82) is 0 Å². The molecule has 0 atom stereocenters. The Kier molecular flexibility index (Phi) is 6.06. The number of rotatable bonds is 4. The van der Waals surface area contributed by atoms with Gasteiger partial charge in [0.2, 0.25) is 0 Å². The van der Waals surface area contributed by atoms with E-state index in [-0.39, 0.29) is 24.8 Å². The van der Waals surface area contributed by atoms with E-state index < -0.39 is 0 Å². The number of fused-ring (bicyclic) bond motifs is 1. The van der Waals surface area contributed by atoms with Gasteiger partial charge in [-0.15, -0.1) is 24.8 Å².